The minimum Gasteiger partial charge on any atom is -0.192 e. The van der Waals surface area contributed by atoms with Crippen molar-refractivity contribution in [3.05, 3.63) is 0 Å². The van der Waals surface area contributed by atoms with E-state index in [1.165, 1.54) is 0 Å². The van der Waals surface area contributed by atoms with Crippen LogP contribution in [-0.4, -0.2) is 64.8 Å². The molecule has 0 aromatic rings. The van der Waals surface area contributed by atoms with Crippen LogP contribution in [0.4, 0.5) is 92.2 Å². The molecule has 1 nitrogen and oxygen atoms in total. The highest BCUT2D eigenvalue weighted by Gasteiger charge is 3.00. The van der Waals surface area contributed by atoms with Gasteiger partial charge in [0.1, 0.15) is 0 Å². The van der Waals surface area contributed by atoms with Gasteiger partial charge in [-0.3, -0.25) is 0 Å². The highest BCUT2D eigenvalue weighted by molar-refractivity contribution is 5.18. The van der Waals surface area contributed by atoms with Crippen LogP contribution >= 0.6 is 0 Å². The Balaban J connectivity index is 3.87. The van der Waals surface area contributed by atoms with Crippen molar-refractivity contribution in [3.8, 4) is 0 Å². The van der Waals surface area contributed by atoms with Gasteiger partial charge in [-0.2, -0.15) is 92.2 Å². The van der Waals surface area contributed by atoms with Crippen molar-refractivity contribution in [2.45, 2.75) is 59.9 Å². The molecule has 0 spiro atoms. The Bertz CT molecular complexity index is 716. The fraction of sp³-hybridized carbons (Fsp3) is 1.00. The molecule has 0 saturated carbocycles. The molecule has 1 heterocycles. The lowest BCUT2D eigenvalue weighted by Crippen LogP contribution is -2.75. The average Bonchev–Trinajstić information content (AvgIpc) is 2.58. The quantitative estimate of drug-likeness (QED) is 0.290. The van der Waals surface area contributed by atoms with E-state index in [9.17, 15) is 92.2 Å². The van der Waals surface area contributed by atoms with Gasteiger partial charge in [-0.15, -0.1) is 4.90 Å². The van der Waals surface area contributed by atoms with Crippen LogP contribution in [0.1, 0.15) is 0 Å². The SMILES string of the molecule is FC(F)(F)C(F)(F)C(F)(F)C(F)(F)C(F)(F)C(F)(F)N1C(F)(F)C(F)(F)C(F)(F)C1(F)F. The van der Waals surface area contributed by atoms with E-state index in [2.05, 4.69) is 0 Å². The summed E-state index contributed by atoms with van der Waals surface area (Å²) >= 11 is 0. The van der Waals surface area contributed by atoms with E-state index in [1.54, 1.807) is 0 Å². The highest BCUT2D eigenvalue weighted by atomic mass is 19.4. The Hall–Kier alpha value is -1.51. The van der Waals surface area contributed by atoms with Gasteiger partial charge in [0.15, 0.2) is 0 Å². The van der Waals surface area contributed by atoms with Gasteiger partial charge in [0.25, 0.3) is 0 Å². The molecule has 0 aromatic carbocycles. The summed E-state index contributed by atoms with van der Waals surface area (Å²) in [7, 11) is 0. The predicted octanol–water partition coefficient (Wildman–Crippen LogP) is 6.45. The van der Waals surface area contributed by atoms with Gasteiger partial charge in [0, 0.05) is 0 Å². The summed E-state index contributed by atoms with van der Waals surface area (Å²) in [5, 5.41) is 0. The first-order valence-electron chi connectivity index (χ1n) is 6.64. The number of hydrogen-bond donors (Lipinski definition) is 0. The monoisotopic (exact) mass is 533 g/mol. The molecule has 0 N–H and O–H groups in total. The molecule has 0 amide bonds. The van der Waals surface area contributed by atoms with E-state index in [4.69, 9.17) is 0 Å². The van der Waals surface area contributed by atoms with E-state index in [1.807, 2.05) is 0 Å². The largest absolute Gasteiger partial charge is 0.460 e. The molecule has 0 bridgehead atoms. The van der Waals surface area contributed by atoms with E-state index >= 15 is 0 Å². The molecular formula is C10F21N. The van der Waals surface area contributed by atoms with Crippen LogP contribution in [0.2, 0.25) is 0 Å². The second-order valence-corrected chi connectivity index (χ2v) is 5.90. The summed E-state index contributed by atoms with van der Waals surface area (Å²) in [6.45, 7) is 0. The first-order chi connectivity index (χ1) is 13.4. The Morgan fingerprint density at radius 2 is 0.625 bits per heavy atom. The second kappa shape index (κ2) is 6.33. The summed E-state index contributed by atoms with van der Waals surface area (Å²) in [4.78, 5) is -4.66. The van der Waals surface area contributed by atoms with Crippen molar-refractivity contribution in [1.82, 2.24) is 4.90 Å². The third-order valence-electron chi connectivity index (χ3n) is 3.91. The third kappa shape index (κ3) is 2.75. The molecule has 0 aliphatic carbocycles. The summed E-state index contributed by atoms with van der Waals surface area (Å²) < 4.78 is 271. The van der Waals surface area contributed by atoms with Crippen molar-refractivity contribution >= 4 is 0 Å². The van der Waals surface area contributed by atoms with Gasteiger partial charge in [-0.05, 0) is 0 Å². The van der Waals surface area contributed by atoms with Crippen LogP contribution in [0.5, 0.6) is 0 Å². The lowest BCUT2D eigenvalue weighted by molar-refractivity contribution is -0.476. The zero-order valence-electron chi connectivity index (χ0n) is 13.4. The van der Waals surface area contributed by atoms with Gasteiger partial charge in [-0.1, -0.05) is 0 Å². The highest BCUT2D eigenvalue weighted by Crippen LogP contribution is 2.69. The summed E-state index contributed by atoms with van der Waals surface area (Å²) in [6, 6.07) is -24.7. The molecule has 1 aliphatic heterocycles. The molecule has 1 aliphatic rings. The number of likely N-dealkylation sites (tertiary alicyclic amines) is 1. The Labute approximate surface area is 158 Å². The normalized spacial score (nSPS) is 24.7. The zero-order chi connectivity index (χ0) is 26.6. The van der Waals surface area contributed by atoms with Crippen molar-refractivity contribution in [2.24, 2.45) is 0 Å². The van der Waals surface area contributed by atoms with E-state index in [-0.39, 0.29) is 0 Å². The molecule has 32 heavy (non-hydrogen) atoms. The molecule has 0 atom stereocenters. The van der Waals surface area contributed by atoms with Crippen LogP contribution in [0.25, 0.3) is 0 Å². The minimum absolute atomic E-state index is 4.66. The van der Waals surface area contributed by atoms with E-state index < -0.39 is 64.8 Å². The summed E-state index contributed by atoms with van der Waals surface area (Å²) in [6.07, 6.45) is -7.97. The maximum atomic E-state index is 13.5. The number of halogens is 21. The number of nitrogens with zero attached hydrogens (tertiary/aromatic N) is 1. The number of hydrogen-bond acceptors (Lipinski definition) is 1. The topological polar surface area (TPSA) is 3.24 Å². The van der Waals surface area contributed by atoms with E-state index in [0.29, 0.717) is 0 Å². The van der Waals surface area contributed by atoms with Crippen LogP contribution in [0.15, 0.2) is 0 Å². The fourth-order valence-electron chi connectivity index (χ4n) is 2.09. The van der Waals surface area contributed by atoms with Gasteiger partial charge in [0.2, 0.25) is 0 Å². The Kier molecular flexibility index (Phi) is 5.64. The second-order valence-electron chi connectivity index (χ2n) is 5.90. The first kappa shape index (κ1) is 28.5. The number of rotatable bonds is 5. The van der Waals surface area contributed by atoms with Crippen LogP contribution < -0.4 is 0 Å². The molecule has 0 radical (unpaired) electrons. The lowest BCUT2D eigenvalue weighted by atomic mass is 9.96. The molecule has 0 aromatic heterocycles. The van der Waals surface area contributed by atoms with Crippen molar-refractivity contribution < 1.29 is 92.2 Å². The van der Waals surface area contributed by atoms with Crippen molar-refractivity contribution in [3.63, 3.8) is 0 Å². The van der Waals surface area contributed by atoms with Crippen LogP contribution in [-0.2, 0) is 0 Å². The molecule has 1 fully saturated rings. The minimum atomic E-state index is -8.98. The predicted molar refractivity (Wildman–Crippen MR) is 52.4 cm³/mol. The van der Waals surface area contributed by atoms with E-state index in [0.717, 1.165) is 0 Å². The number of alkyl halides is 21. The maximum Gasteiger partial charge on any atom is 0.460 e. The third-order valence-corrected chi connectivity index (χ3v) is 3.91. The zero-order valence-corrected chi connectivity index (χ0v) is 13.4. The van der Waals surface area contributed by atoms with Gasteiger partial charge in [0.05, 0.1) is 0 Å². The molecule has 22 heteroatoms. The van der Waals surface area contributed by atoms with Gasteiger partial charge >= 0.3 is 59.9 Å². The van der Waals surface area contributed by atoms with Crippen molar-refractivity contribution in [2.75, 3.05) is 0 Å². The van der Waals surface area contributed by atoms with Crippen molar-refractivity contribution in [1.29, 1.82) is 0 Å². The average molecular weight is 533 g/mol. The fourth-order valence-corrected chi connectivity index (χ4v) is 2.09. The van der Waals surface area contributed by atoms with Crippen LogP contribution in [0, 0.1) is 0 Å². The van der Waals surface area contributed by atoms with Gasteiger partial charge < -0.3 is 0 Å². The summed E-state index contributed by atoms with van der Waals surface area (Å²) in [5.41, 5.74) is 0. The van der Waals surface area contributed by atoms with Gasteiger partial charge in [-0.25, -0.2) is 0 Å². The molecule has 192 valence electrons. The molecule has 0 unspecified atom stereocenters. The first-order valence-corrected chi connectivity index (χ1v) is 6.64. The smallest absolute Gasteiger partial charge is 0.192 e. The Morgan fingerprint density at radius 3 is 0.875 bits per heavy atom. The summed E-state index contributed by atoms with van der Waals surface area (Å²) in [5.74, 6) is -50.8. The molecular weight excluding hydrogens is 533 g/mol. The lowest BCUT2D eigenvalue weighted by Gasteiger charge is -2.43. The maximum absolute atomic E-state index is 13.5. The standard InChI is InChI=1S/C10F21N/c11-1(12,3(15,16)7(23,24)25)2(13,14)4(17,18)8(26,27)32-9(28,29)5(19,20)6(21,22)10(32,30)31. The van der Waals surface area contributed by atoms with Crippen LogP contribution in [0.3, 0.4) is 0 Å². The molecule has 1 saturated heterocycles. The Morgan fingerprint density at radius 1 is 0.375 bits per heavy atom. The molecule has 1 rings (SSSR count).